The Morgan fingerprint density at radius 1 is 1.46 bits per heavy atom. The molecule has 1 aromatic carbocycles. The third-order valence-electron chi connectivity index (χ3n) is 4.25. The highest BCUT2D eigenvalue weighted by atomic mass is 32.2. The van der Waals surface area contributed by atoms with Crippen molar-refractivity contribution in [3.05, 3.63) is 35.4 Å². The van der Waals surface area contributed by atoms with Crippen molar-refractivity contribution in [2.75, 3.05) is 12.4 Å². The number of rotatable bonds is 5. The zero-order valence-electron chi connectivity index (χ0n) is 13.5. The van der Waals surface area contributed by atoms with Gasteiger partial charge in [-0.25, -0.2) is 0 Å². The van der Waals surface area contributed by atoms with Crippen molar-refractivity contribution in [1.82, 2.24) is 10.2 Å². The number of hydrogen-bond donors (Lipinski definition) is 1. The first-order valence-corrected chi connectivity index (χ1v) is 9.01. The molecule has 2 aliphatic heterocycles. The van der Waals surface area contributed by atoms with E-state index in [1.807, 2.05) is 13.0 Å². The Hall–Kier alpha value is -1.86. The van der Waals surface area contributed by atoms with Gasteiger partial charge in [-0.05, 0) is 37.5 Å². The maximum absolute atomic E-state index is 12.4. The molecule has 0 spiro atoms. The minimum absolute atomic E-state index is 0.0539. The van der Waals surface area contributed by atoms with Gasteiger partial charge in [-0.2, -0.15) is 0 Å². The van der Waals surface area contributed by atoms with E-state index in [1.165, 1.54) is 4.90 Å². The van der Waals surface area contributed by atoms with Gasteiger partial charge in [0.05, 0.1) is 24.4 Å². The van der Waals surface area contributed by atoms with Crippen molar-refractivity contribution in [2.24, 2.45) is 0 Å². The van der Waals surface area contributed by atoms with Crippen LogP contribution in [0, 0.1) is 0 Å². The molecule has 24 heavy (non-hydrogen) atoms. The topological polar surface area (TPSA) is 75.7 Å². The summed E-state index contributed by atoms with van der Waals surface area (Å²) in [6.45, 7) is 2.89. The second-order valence-electron chi connectivity index (χ2n) is 6.05. The fraction of sp³-hybridized carbons (Fsp3) is 0.471. The summed E-state index contributed by atoms with van der Waals surface area (Å²) in [5.41, 5.74) is 1.28. The van der Waals surface area contributed by atoms with E-state index >= 15 is 0 Å². The SMILES string of the molecule is C[C@H](NC(=O)c1cccc(CN2C(=O)CSC2=O)c1)[C@@H]1CCCO1. The van der Waals surface area contributed by atoms with Crippen LogP contribution < -0.4 is 5.32 Å². The van der Waals surface area contributed by atoms with E-state index in [4.69, 9.17) is 4.74 Å². The van der Waals surface area contributed by atoms with E-state index in [-0.39, 0.29) is 41.5 Å². The molecule has 2 saturated heterocycles. The Kier molecular flexibility index (Phi) is 5.20. The molecule has 3 rings (SSSR count). The molecule has 6 nitrogen and oxygen atoms in total. The fourth-order valence-corrected chi connectivity index (χ4v) is 3.63. The first-order valence-electron chi connectivity index (χ1n) is 8.03. The van der Waals surface area contributed by atoms with Crippen LogP contribution >= 0.6 is 11.8 Å². The molecule has 2 fully saturated rings. The summed E-state index contributed by atoms with van der Waals surface area (Å²) < 4.78 is 5.59. The monoisotopic (exact) mass is 348 g/mol. The number of amides is 3. The molecule has 2 heterocycles. The molecule has 2 aliphatic rings. The van der Waals surface area contributed by atoms with Gasteiger partial charge in [-0.3, -0.25) is 19.3 Å². The van der Waals surface area contributed by atoms with Crippen molar-refractivity contribution < 1.29 is 19.1 Å². The Bertz CT molecular complexity index is 642. The molecule has 0 radical (unpaired) electrons. The summed E-state index contributed by atoms with van der Waals surface area (Å²) in [5.74, 6) is -0.169. The Balaban J connectivity index is 1.64. The van der Waals surface area contributed by atoms with Crippen LogP contribution in [0.1, 0.15) is 35.7 Å². The lowest BCUT2D eigenvalue weighted by atomic mass is 10.1. The summed E-state index contributed by atoms with van der Waals surface area (Å²) in [7, 11) is 0. The molecule has 3 amide bonds. The standard InChI is InChI=1S/C17H20N2O4S/c1-11(14-6-3-7-23-14)18-16(21)13-5-2-4-12(8-13)9-19-15(20)10-24-17(19)22/h2,4-5,8,11,14H,3,6-7,9-10H2,1H3,(H,18,21)/t11-,14-/m0/s1. The van der Waals surface area contributed by atoms with Crippen LogP contribution in [0.15, 0.2) is 24.3 Å². The quantitative estimate of drug-likeness (QED) is 0.883. The molecular formula is C17H20N2O4S. The lowest BCUT2D eigenvalue weighted by molar-refractivity contribution is -0.125. The molecule has 7 heteroatoms. The summed E-state index contributed by atoms with van der Waals surface area (Å²) in [6.07, 6.45) is 2.04. The average Bonchev–Trinajstić information content (AvgIpc) is 3.21. The maximum atomic E-state index is 12.4. The third-order valence-corrected chi connectivity index (χ3v) is 5.11. The number of nitrogens with zero attached hydrogens (tertiary/aromatic N) is 1. The molecule has 128 valence electrons. The second kappa shape index (κ2) is 7.36. The smallest absolute Gasteiger partial charge is 0.289 e. The van der Waals surface area contributed by atoms with Gasteiger partial charge in [0, 0.05) is 12.2 Å². The predicted molar refractivity (Wildman–Crippen MR) is 90.7 cm³/mol. The van der Waals surface area contributed by atoms with Gasteiger partial charge in [0.25, 0.3) is 11.1 Å². The van der Waals surface area contributed by atoms with Gasteiger partial charge in [-0.15, -0.1) is 0 Å². The highest BCUT2D eigenvalue weighted by Gasteiger charge is 2.30. The molecule has 0 unspecified atom stereocenters. The van der Waals surface area contributed by atoms with Crippen molar-refractivity contribution in [3.63, 3.8) is 0 Å². The van der Waals surface area contributed by atoms with Gasteiger partial charge in [-0.1, -0.05) is 23.9 Å². The summed E-state index contributed by atoms with van der Waals surface area (Å²) >= 11 is 1.01. The van der Waals surface area contributed by atoms with Gasteiger partial charge in [0.15, 0.2) is 0 Å². The fourth-order valence-electron chi connectivity index (χ4n) is 2.91. The average molecular weight is 348 g/mol. The second-order valence-corrected chi connectivity index (χ2v) is 6.98. The van der Waals surface area contributed by atoms with E-state index in [1.54, 1.807) is 18.2 Å². The Morgan fingerprint density at radius 3 is 2.96 bits per heavy atom. The zero-order valence-corrected chi connectivity index (χ0v) is 14.3. The number of carbonyl (C=O) groups excluding carboxylic acids is 3. The van der Waals surface area contributed by atoms with Crippen LogP contribution in [-0.4, -0.2) is 46.5 Å². The van der Waals surface area contributed by atoms with Gasteiger partial charge in [0.2, 0.25) is 5.91 Å². The Labute approximate surface area is 144 Å². The van der Waals surface area contributed by atoms with E-state index in [9.17, 15) is 14.4 Å². The molecular weight excluding hydrogens is 328 g/mol. The predicted octanol–water partition coefficient (Wildman–Crippen LogP) is 2.18. The summed E-state index contributed by atoms with van der Waals surface area (Å²) in [6, 6.07) is 6.97. The third kappa shape index (κ3) is 3.79. The minimum atomic E-state index is -0.234. The van der Waals surface area contributed by atoms with Crippen LogP contribution in [0.4, 0.5) is 4.79 Å². The van der Waals surface area contributed by atoms with E-state index in [0.29, 0.717) is 5.56 Å². The molecule has 0 aliphatic carbocycles. The number of carbonyl (C=O) groups is 3. The van der Waals surface area contributed by atoms with Gasteiger partial charge in [0.1, 0.15) is 0 Å². The summed E-state index contributed by atoms with van der Waals surface area (Å²) in [5, 5.41) is 2.73. The largest absolute Gasteiger partial charge is 0.376 e. The van der Waals surface area contributed by atoms with E-state index in [2.05, 4.69) is 5.32 Å². The first-order chi connectivity index (χ1) is 11.5. The van der Waals surface area contributed by atoms with Crippen LogP contribution in [0.3, 0.4) is 0 Å². The van der Waals surface area contributed by atoms with Crippen molar-refractivity contribution in [1.29, 1.82) is 0 Å². The normalized spacial score (nSPS) is 22.0. The van der Waals surface area contributed by atoms with Crippen molar-refractivity contribution in [2.45, 2.75) is 38.5 Å². The van der Waals surface area contributed by atoms with Crippen LogP contribution in [0.2, 0.25) is 0 Å². The molecule has 0 saturated carbocycles. The lowest BCUT2D eigenvalue weighted by Crippen LogP contribution is -2.40. The minimum Gasteiger partial charge on any atom is -0.376 e. The number of nitrogens with one attached hydrogen (secondary N) is 1. The number of thioether (sulfide) groups is 1. The molecule has 0 bridgehead atoms. The van der Waals surface area contributed by atoms with Crippen LogP contribution in [0.25, 0.3) is 0 Å². The van der Waals surface area contributed by atoms with Gasteiger partial charge >= 0.3 is 0 Å². The molecule has 2 atom stereocenters. The number of imide groups is 1. The van der Waals surface area contributed by atoms with Crippen LogP contribution in [-0.2, 0) is 16.1 Å². The maximum Gasteiger partial charge on any atom is 0.289 e. The van der Waals surface area contributed by atoms with Crippen LogP contribution in [0.5, 0.6) is 0 Å². The first kappa shape index (κ1) is 17.0. The molecule has 0 aromatic heterocycles. The molecule has 1 N–H and O–H groups in total. The number of benzene rings is 1. The number of ether oxygens (including phenoxy) is 1. The summed E-state index contributed by atoms with van der Waals surface area (Å²) in [4.78, 5) is 37.0. The zero-order chi connectivity index (χ0) is 17.1. The van der Waals surface area contributed by atoms with Crippen molar-refractivity contribution in [3.8, 4) is 0 Å². The lowest BCUT2D eigenvalue weighted by Gasteiger charge is -2.20. The highest BCUT2D eigenvalue weighted by Crippen LogP contribution is 2.21. The Morgan fingerprint density at radius 2 is 2.29 bits per heavy atom. The van der Waals surface area contributed by atoms with E-state index < -0.39 is 0 Å². The number of hydrogen-bond acceptors (Lipinski definition) is 5. The highest BCUT2D eigenvalue weighted by molar-refractivity contribution is 8.14. The van der Waals surface area contributed by atoms with E-state index in [0.717, 1.165) is 36.8 Å². The van der Waals surface area contributed by atoms with Gasteiger partial charge < -0.3 is 10.1 Å². The van der Waals surface area contributed by atoms with Crippen molar-refractivity contribution >= 4 is 28.8 Å². The molecule has 1 aromatic rings.